The summed E-state index contributed by atoms with van der Waals surface area (Å²) in [5, 5.41) is 9.30. The van der Waals surface area contributed by atoms with Crippen LogP contribution in [-0.4, -0.2) is 27.0 Å². The zero-order valence-corrected chi connectivity index (χ0v) is 18.7. The minimum atomic E-state index is -1.18. The maximum absolute atomic E-state index is 12.8. The molecule has 166 valence electrons. The molecule has 3 rings (SSSR count). The normalized spacial score (nSPS) is 13.2. The van der Waals surface area contributed by atoms with Gasteiger partial charge in [-0.05, 0) is 43.5 Å². The zero-order chi connectivity index (χ0) is 23.1. The first kappa shape index (κ1) is 23.2. The van der Waals surface area contributed by atoms with Crippen molar-refractivity contribution in [2.75, 3.05) is 0 Å². The number of rotatable bonds is 10. The minimum absolute atomic E-state index is 0.00759. The highest BCUT2D eigenvalue weighted by atomic mass is 16.5. The highest BCUT2D eigenvalue weighted by molar-refractivity contribution is 6.08. The van der Waals surface area contributed by atoms with Gasteiger partial charge in [0, 0.05) is 18.3 Å². The van der Waals surface area contributed by atoms with Crippen LogP contribution in [0.25, 0.3) is 6.08 Å². The monoisotopic (exact) mass is 431 g/mol. The summed E-state index contributed by atoms with van der Waals surface area (Å²) in [6.45, 7) is 6.21. The lowest BCUT2D eigenvalue weighted by Crippen LogP contribution is -2.37. The summed E-state index contributed by atoms with van der Waals surface area (Å²) in [6.07, 6.45) is 6.31. The van der Waals surface area contributed by atoms with Crippen molar-refractivity contribution in [3.8, 4) is 0 Å². The molecule has 2 aromatic carbocycles. The molecule has 32 heavy (non-hydrogen) atoms. The number of ether oxygens (including phenoxy) is 1. The Hall–Kier alpha value is -3.44. The van der Waals surface area contributed by atoms with Gasteiger partial charge in [0.25, 0.3) is 0 Å². The number of ketones is 1. The molecule has 5 heteroatoms. The van der Waals surface area contributed by atoms with Crippen LogP contribution in [0.2, 0.25) is 0 Å². The number of carbonyl (C=O) groups is 2. The van der Waals surface area contributed by atoms with Gasteiger partial charge in [-0.25, -0.2) is 4.79 Å². The van der Waals surface area contributed by atoms with E-state index < -0.39 is 11.6 Å². The number of nitrogens with zero attached hydrogens (tertiary/aromatic N) is 1. The Labute approximate surface area is 189 Å². The average Bonchev–Trinajstić information content (AvgIpc) is 3.26. The van der Waals surface area contributed by atoms with Gasteiger partial charge in [0.1, 0.15) is 0 Å². The molecule has 0 radical (unpaired) electrons. The van der Waals surface area contributed by atoms with Crippen LogP contribution < -0.4 is 0 Å². The summed E-state index contributed by atoms with van der Waals surface area (Å²) < 4.78 is 7.55. The molecule has 0 bridgehead atoms. The number of aliphatic carboxylic acids is 1. The summed E-state index contributed by atoms with van der Waals surface area (Å²) >= 11 is 0. The number of allylic oxidation sites excluding steroid dienone is 1. The Balaban J connectivity index is 1.60. The maximum Gasteiger partial charge on any atom is 0.335 e. The molecule has 0 aliphatic heterocycles. The van der Waals surface area contributed by atoms with Crippen molar-refractivity contribution in [3.05, 3.63) is 101 Å². The molecule has 1 heterocycles. The van der Waals surface area contributed by atoms with E-state index in [-0.39, 0.29) is 12.4 Å². The topological polar surface area (TPSA) is 68.5 Å². The summed E-state index contributed by atoms with van der Waals surface area (Å²) in [7, 11) is 0. The van der Waals surface area contributed by atoms with E-state index in [1.165, 1.54) is 0 Å². The van der Waals surface area contributed by atoms with Crippen LogP contribution in [-0.2, 0) is 22.7 Å². The molecule has 1 N–H and O–H groups in total. The lowest BCUT2D eigenvalue weighted by molar-refractivity contribution is -0.165. The first-order valence-electron chi connectivity index (χ1n) is 10.7. The van der Waals surface area contributed by atoms with Gasteiger partial charge in [-0.15, -0.1) is 0 Å². The smallest absolute Gasteiger partial charge is 0.335 e. The van der Waals surface area contributed by atoms with Gasteiger partial charge in [0.05, 0.1) is 12.3 Å². The molecule has 1 aromatic heterocycles. The molecule has 0 fully saturated rings. The molecular formula is C27H29NO4. The van der Waals surface area contributed by atoms with Gasteiger partial charge >= 0.3 is 5.97 Å². The predicted molar refractivity (Wildman–Crippen MR) is 126 cm³/mol. The Morgan fingerprint density at radius 3 is 2.38 bits per heavy atom. The molecule has 1 atom stereocenters. The van der Waals surface area contributed by atoms with Crippen molar-refractivity contribution < 1.29 is 19.4 Å². The molecule has 0 saturated heterocycles. The fourth-order valence-corrected chi connectivity index (χ4v) is 3.22. The number of aromatic nitrogens is 1. The van der Waals surface area contributed by atoms with Gasteiger partial charge in [-0.2, -0.15) is 0 Å². The number of carbonyl (C=O) groups excluding carboxylic acids is 1. The number of aryl methyl sites for hydroxylation is 1. The average molecular weight is 432 g/mol. The second-order valence-electron chi connectivity index (χ2n) is 8.06. The second-order valence-corrected chi connectivity index (χ2v) is 8.06. The van der Waals surface area contributed by atoms with Crippen molar-refractivity contribution >= 4 is 17.8 Å². The number of benzene rings is 2. The van der Waals surface area contributed by atoms with E-state index in [0.717, 1.165) is 16.7 Å². The molecule has 1 unspecified atom stereocenters. The van der Waals surface area contributed by atoms with E-state index in [9.17, 15) is 14.7 Å². The molecule has 0 aliphatic carbocycles. The van der Waals surface area contributed by atoms with Crippen molar-refractivity contribution in [2.24, 2.45) is 0 Å². The maximum atomic E-state index is 12.8. The zero-order valence-electron chi connectivity index (χ0n) is 18.7. The SMILES string of the molecule is CCC(C)(OCc1ccc(/C=C/Cn2cccc2C(=O)c2ccc(C)cc2)cc1)C(=O)O. The van der Waals surface area contributed by atoms with Crippen molar-refractivity contribution in [2.45, 2.75) is 45.9 Å². The van der Waals surface area contributed by atoms with Crippen molar-refractivity contribution in [1.82, 2.24) is 4.57 Å². The van der Waals surface area contributed by atoms with E-state index in [1.54, 1.807) is 13.8 Å². The van der Waals surface area contributed by atoms with Crippen LogP contribution in [0.5, 0.6) is 0 Å². The third-order valence-corrected chi connectivity index (χ3v) is 5.65. The first-order chi connectivity index (χ1) is 15.3. The number of hydrogen-bond donors (Lipinski definition) is 1. The fraction of sp³-hybridized carbons (Fsp3) is 0.259. The van der Waals surface area contributed by atoms with Crippen LogP contribution in [0.4, 0.5) is 0 Å². The van der Waals surface area contributed by atoms with Gasteiger partial charge in [-0.3, -0.25) is 4.79 Å². The summed E-state index contributed by atoms with van der Waals surface area (Å²) in [6, 6.07) is 19.1. The van der Waals surface area contributed by atoms with Crippen molar-refractivity contribution in [1.29, 1.82) is 0 Å². The van der Waals surface area contributed by atoms with Crippen LogP contribution in [0, 0.1) is 6.92 Å². The second kappa shape index (κ2) is 10.2. The van der Waals surface area contributed by atoms with Crippen LogP contribution >= 0.6 is 0 Å². The Kier molecular flexibility index (Phi) is 7.44. The van der Waals surface area contributed by atoms with E-state index >= 15 is 0 Å². The van der Waals surface area contributed by atoms with Crippen LogP contribution in [0.15, 0.2) is 72.9 Å². The third-order valence-electron chi connectivity index (χ3n) is 5.65. The number of carboxylic acid groups (broad SMARTS) is 1. The molecule has 5 nitrogen and oxygen atoms in total. The highest BCUT2D eigenvalue weighted by Crippen LogP contribution is 2.19. The summed E-state index contributed by atoms with van der Waals surface area (Å²) in [5.41, 5.74) is 3.22. The third kappa shape index (κ3) is 5.62. The molecule has 0 spiro atoms. The van der Waals surface area contributed by atoms with E-state index in [4.69, 9.17) is 4.74 Å². The quantitative estimate of drug-likeness (QED) is 0.430. The Morgan fingerprint density at radius 1 is 1.06 bits per heavy atom. The molecule has 3 aromatic rings. The minimum Gasteiger partial charge on any atom is -0.479 e. The summed E-state index contributed by atoms with van der Waals surface area (Å²) in [5.74, 6) is -0.946. The lowest BCUT2D eigenvalue weighted by Gasteiger charge is -2.23. The van der Waals surface area contributed by atoms with Gasteiger partial charge in [0.15, 0.2) is 5.60 Å². The summed E-state index contributed by atoms with van der Waals surface area (Å²) in [4.78, 5) is 24.2. The Morgan fingerprint density at radius 2 is 1.75 bits per heavy atom. The van der Waals surface area contributed by atoms with Gasteiger partial charge < -0.3 is 14.4 Å². The lowest BCUT2D eigenvalue weighted by atomic mass is 10.0. The van der Waals surface area contributed by atoms with Gasteiger partial charge in [0.2, 0.25) is 5.78 Å². The predicted octanol–water partition coefficient (Wildman–Crippen LogP) is 5.51. The van der Waals surface area contributed by atoms with Crippen molar-refractivity contribution in [3.63, 3.8) is 0 Å². The number of hydrogen-bond acceptors (Lipinski definition) is 3. The van der Waals surface area contributed by atoms with Crippen LogP contribution in [0.3, 0.4) is 0 Å². The van der Waals surface area contributed by atoms with E-state index in [2.05, 4.69) is 0 Å². The molecule has 0 aliphatic rings. The molecular weight excluding hydrogens is 402 g/mol. The molecule has 0 amide bonds. The van der Waals surface area contributed by atoms with Gasteiger partial charge in [-0.1, -0.05) is 73.2 Å². The largest absolute Gasteiger partial charge is 0.479 e. The Bertz CT molecular complexity index is 1090. The highest BCUT2D eigenvalue weighted by Gasteiger charge is 2.31. The standard InChI is InChI=1S/C27H29NO4/c1-4-27(3,26(30)31)32-19-22-13-11-21(12-14-22)7-5-17-28-18-6-8-24(28)25(29)23-15-9-20(2)10-16-23/h5-16,18H,4,17,19H2,1-3H3,(H,30,31)/b7-5+. The van der Waals surface area contributed by atoms with E-state index in [0.29, 0.717) is 24.2 Å². The van der Waals surface area contributed by atoms with E-state index in [1.807, 2.05) is 90.5 Å². The molecule has 0 saturated carbocycles. The first-order valence-corrected chi connectivity index (χ1v) is 10.7. The number of carboxylic acids is 1. The fourth-order valence-electron chi connectivity index (χ4n) is 3.22. The van der Waals surface area contributed by atoms with Crippen LogP contribution in [0.1, 0.15) is 53.0 Å².